The van der Waals surface area contributed by atoms with E-state index >= 15 is 0 Å². The van der Waals surface area contributed by atoms with Crippen molar-refractivity contribution in [3.05, 3.63) is 29.8 Å². The summed E-state index contributed by atoms with van der Waals surface area (Å²) in [6.07, 6.45) is 0. The minimum Gasteiger partial charge on any atom is -0.497 e. The molecule has 0 saturated heterocycles. The van der Waals surface area contributed by atoms with Gasteiger partial charge in [0.05, 0.1) is 13.0 Å². The maximum atomic E-state index is 11.8. The number of likely N-dealkylation sites (N-methyl/N-ethyl adjacent to an activating group) is 1. The van der Waals surface area contributed by atoms with Gasteiger partial charge in [-0.15, -0.1) is 0 Å². The predicted molar refractivity (Wildman–Crippen MR) is 63.5 cm³/mol. The Morgan fingerprint density at radius 3 is 2.31 bits per heavy atom. The van der Waals surface area contributed by atoms with Crippen LogP contribution < -0.4 is 10.5 Å². The fourth-order valence-electron chi connectivity index (χ4n) is 1.53. The Morgan fingerprint density at radius 1 is 1.38 bits per heavy atom. The molecule has 4 nitrogen and oxygen atoms in total. The molecular weight excluding hydrogens is 204 g/mol. The van der Waals surface area contributed by atoms with E-state index in [0.29, 0.717) is 6.54 Å². The maximum Gasteiger partial charge on any atom is 0.230 e. The third-order valence-corrected chi connectivity index (χ3v) is 2.49. The van der Waals surface area contributed by atoms with Gasteiger partial charge in [0, 0.05) is 20.6 Å². The largest absolute Gasteiger partial charge is 0.497 e. The predicted octanol–water partition coefficient (Wildman–Crippen LogP) is 0.826. The second-order valence-corrected chi connectivity index (χ2v) is 3.79. The molecule has 0 aromatic heterocycles. The average Bonchev–Trinajstić information content (AvgIpc) is 2.30. The van der Waals surface area contributed by atoms with Crippen LogP contribution in [-0.4, -0.2) is 38.6 Å². The molecule has 1 aromatic rings. The van der Waals surface area contributed by atoms with Gasteiger partial charge in [-0.2, -0.15) is 0 Å². The number of nitrogens with zero attached hydrogens (tertiary/aromatic N) is 1. The van der Waals surface area contributed by atoms with Crippen molar-refractivity contribution in [2.24, 2.45) is 5.73 Å². The molecule has 0 aliphatic carbocycles. The standard InChI is InChI=1S/C12H18N2O2/c1-14(2)12(15)11(8-13)9-4-6-10(16-3)7-5-9/h4-7,11H,8,13H2,1-3H3. The lowest BCUT2D eigenvalue weighted by Crippen LogP contribution is -2.32. The van der Waals surface area contributed by atoms with E-state index in [2.05, 4.69) is 0 Å². The molecule has 0 aliphatic heterocycles. The lowest BCUT2D eigenvalue weighted by Gasteiger charge is -2.19. The van der Waals surface area contributed by atoms with E-state index in [1.165, 1.54) is 0 Å². The number of nitrogens with two attached hydrogens (primary N) is 1. The van der Waals surface area contributed by atoms with E-state index in [1.807, 2.05) is 24.3 Å². The Hall–Kier alpha value is -1.55. The summed E-state index contributed by atoms with van der Waals surface area (Å²) in [5.41, 5.74) is 6.55. The van der Waals surface area contributed by atoms with Crippen molar-refractivity contribution >= 4 is 5.91 Å². The van der Waals surface area contributed by atoms with Crippen molar-refractivity contribution in [3.8, 4) is 5.75 Å². The van der Waals surface area contributed by atoms with Gasteiger partial charge in [0.25, 0.3) is 0 Å². The normalized spacial score (nSPS) is 12.0. The summed E-state index contributed by atoms with van der Waals surface area (Å²) in [5.74, 6) is 0.519. The summed E-state index contributed by atoms with van der Waals surface area (Å²) in [6.45, 7) is 0.309. The molecule has 1 unspecified atom stereocenters. The summed E-state index contributed by atoms with van der Waals surface area (Å²) in [6, 6.07) is 7.41. The molecule has 0 bridgehead atoms. The second-order valence-electron chi connectivity index (χ2n) is 3.79. The molecular formula is C12H18N2O2. The molecule has 1 amide bonds. The van der Waals surface area contributed by atoms with Gasteiger partial charge in [0.1, 0.15) is 5.75 Å². The van der Waals surface area contributed by atoms with Gasteiger partial charge in [-0.05, 0) is 17.7 Å². The molecule has 0 spiro atoms. The Balaban J connectivity index is 2.91. The van der Waals surface area contributed by atoms with Crippen LogP contribution in [0.2, 0.25) is 0 Å². The summed E-state index contributed by atoms with van der Waals surface area (Å²) >= 11 is 0. The molecule has 0 heterocycles. The highest BCUT2D eigenvalue weighted by molar-refractivity contribution is 5.83. The highest BCUT2D eigenvalue weighted by Gasteiger charge is 2.20. The van der Waals surface area contributed by atoms with E-state index in [9.17, 15) is 4.79 Å². The number of methoxy groups -OCH3 is 1. The topological polar surface area (TPSA) is 55.6 Å². The first-order valence-corrected chi connectivity index (χ1v) is 5.15. The van der Waals surface area contributed by atoms with Gasteiger partial charge in [-0.25, -0.2) is 0 Å². The van der Waals surface area contributed by atoms with Crippen molar-refractivity contribution < 1.29 is 9.53 Å². The fourth-order valence-corrected chi connectivity index (χ4v) is 1.53. The fraction of sp³-hybridized carbons (Fsp3) is 0.417. The highest BCUT2D eigenvalue weighted by Crippen LogP contribution is 2.20. The van der Waals surface area contributed by atoms with Gasteiger partial charge in [-0.1, -0.05) is 12.1 Å². The first kappa shape index (κ1) is 12.5. The Bertz CT molecular complexity index is 347. The zero-order valence-corrected chi connectivity index (χ0v) is 9.93. The minimum absolute atomic E-state index is 0.0210. The SMILES string of the molecule is COc1ccc(C(CN)C(=O)N(C)C)cc1. The first-order valence-electron chi connectivity index (χ1n) is 5.15. The Kier molecular flexibility index (Phi) is 4.31. The summed E-state index contributed by atoms with van der Waals surface area (Å²) in [5, 5.41) is 0. The molecule has 0 saturated carbocycles. The first-order chi connectivity index (χ1) is 7.60. The zero-order chi connectivity index (χ0) is 12.1. The highest BCUT2D eigenvalue weighted by atomic mass is 16.5. The van der Waals surface area contributed by atoms with Crippen LogP contribution in [0.5, 0.6) is 5.75 Å². The minimum atomic E-state index is -0.277. The van der Waals surface area contributed by atoms with E-state index < -0.39 is 0 Å². The molecule has 1 atom stereocenters. The Morgan fingerprint density at radius 2 is 1.94 bits per heavy atom. The van der Waals surface area contributed by atoms with E-state index in [1.54, 1.807) is 26.1 Å². The summed E-state index contributed by atoms with van der Waals surface area (Å²) in [4.78, 5) is 13.4. The number of hydrogen-bond donors (Lipinski definition) is 1. The second kappa shape index (κ2) is 5.51. The number of benzene rings is 1. The van der Waals surface area contributed by atoms with Crippen molar-refractivity contribution in [2.45, 2.75) is 5.92 Å². The molecule has 0 aliphatic rings. The van der Waals surface area contributed by atoms with Gasteiger partial charge >= 0.3 is 0 Å². The number of rotatable bonds is 4. The molecule has 0 radical (unpaired) electrons. The molecule has 4 heteroatoms. The van der Waals surface area contributed by atoms with Crippen LogP contribution in [0, 0.1) is 0 Å². The lowest BCUT2D eigenvalue weighted by molar-refractivity contribution is -0.130. The van der Waals surface area contributed by atoms with E-state index in [4.69, 9.17) is 10.5 Å². The zero-order valence-electron chi connectivity index (χ0n) is 9.93. The van der Waals surface area contributed by atoms with Crippen LogP contribution in [-0.2, 0) is 4.79 Å². The molecule has 2 N–H and O–H groups in total. The molecule has 1 aromatic carbocycles. The third-order valence-electron chi connectivity index (χ3n) is 2.49. The van der Waals surface area contributed by atoms with Gasteiger partial charge in [0.15, 0.2) is 0 Å². The average molecular weight is 222 g/mol. The van der Waals surface area contributed by atoms with Crippen LogP contribution in [0.1, 0.15) is 11.5 Å². The van der Waals surface area contributed by atoms with Crippen molar-refractivity contribution in [2.75, 3.05) is 27.7 Å². The van der Waals surface area contributed by atoms with Crippen molar-refractivity contribution in [3.63, 3.8) is 0 Å². The lowest BCUT2D eigenvalue weighted by atomic mass is 9.98. The van der Waals surface area contributed by atoms with Crippen LogP contribution in [0.3, 0.4) is 0 Å². The number of carbonyl (C=O) groups excluding carboxylic acids is 1. The quantitative estimate of drug-likeness (QED) is 0.820. The molecule has 1 rings (SSSR count). The van der Waals surface area contributed by atoms with E-state index in [-0.39, 0.29) is 11.8 Å². The summed E-state index contributed by atoms with van der Waals surface area (Å²) < 4.78 is 5.06. The maximum absolute atomic E-state index is 11.8. The van der Waals surface area contributed by atoms with Crippen molar-refractivity contribution in [1.29, 1.82) is 0 Å². The smallest absolute Gasteiger partial charge is 0.230 e. The van der Waals surface area contributed by atoms with E-state index in [0.717, 1.165) is 11.3 Å². The molecule has 0 fully saturated rings. The van der Waals surface area contributed by atoms with Gasteiger partial charge in [0.2, 0.25) is 5.91 Å². The van der Waals surface area contributed by atoms with Crippen LogP contribution in [0.4, 0.5) is 0 Å². The number of carbonyl (C=O) groups is 1. The van der Waals surface area contributed by atoms with Gasteiger partial charge in [-0.3, -0.25) is 4.79 Å². The molecule has 88 valence electrons. The van der Waals surface area contributed by atoms with Gasteiger partial charge < -0.3 is 15.4 Å². The Labute approximate surface area is 96.0 Å². The molecule has 16 heavy (non-hydrogen) atoms. The van der Waals surface area contributed by atoms with Crippen molar-refractivity contribution in [1.82, 2.24) is 4.90 Å². The number of hydrogen-bond acceptors (Lipinski definition) is 3. The number of ether oxygens (including phenoxy) is 1. The number of amides is 1. The monoisotopic (exact) mass is 222 g/mol. The van der Waals surface area contributed by atoms with Crippen LogP contribution >= 0.6 is 0 Å². The van der Waals surface area contributed by atoms with Crippen LogP contribution in [0.15, 0.2) is 24.3 Å². The summed E-state index contributed by atoms with van der Waals surface area (Å²) in [7, 11) is 5.07. The third kappa shape index (κ3) is 2.73. The van der Waals surface area contributed by atoms with Crippen LogP contribution in [0.25, 0.3) is 0 Å².